The third kappa shape index (κ3) is 1.26. The van der Waals surface area contributed by atoms with E-state index in [1.807, 2.05) is 36.4 Å². The fourth-order valence-corrected chi connectivity index (χ4v) is 2.51. The minimum atomic E-state index is 0.147. The monoisotopic (exact) mass is 272 g/mol. The zero-order valence-electron chi connectivity index (χ0n) is 8.53. The number of rotatable bonds is 1. The summed E-state index contributed by atoms with van der Waals surface area (Å²) < 4.78 is 0. The first-order valence-corrected chi connectivity index (χ1v) is 6.26. The van der Waals surface area contributed by atoms with Crippen LogP contribution in [-0.2, 0) is 5.33 Å². The summed E-state index contributed by atoms with van der Waals surface area (Å²) in [5, 5.41) is 0.782. The Balaban J connectivity index is 2.29. The molecule has 0 radical (unpaired) electrons. The average molecular weight is 273 g/mol. The van der Waals surface area contributed by atoms with Crippen LogP contribution in [-0.4, -0.2) is 5.78 Å². The van der Waals surface area contributed by atoms with Gasteiger partial charge in [0.05, 0.1) is 0 Å². The molecule has 0 heterocycles. The molecule has 2 heteroatoms. The van der Waals surface area contributed by atoms with E-state index in [1.165, 1.54) is 0 Å². The van der Waals surface area contributed by atoms with Crippen LogP contribution < -0.4 is 0 Å². The zero-order valence-corrected chi connectivity index (χ0v) is 10.1. The van der Waals surface area contributed by atoms with Gasteiger partial charge in [-0.2, -0.15) is 0 Å². The molecule has 1 aliphatic rings. The maximum atomic E-state index is 12.1. The van der Waals surface area contributed by atoms with Crippen LogP contribution in [0.2, 0.25) is 0 Å². The summed E-state index contributed by atoms with van der Waals surface area (Å²) >= 11 is 3.41. The predicted octanol–water partition coefficient (Wildman–Crippen LogP) is 3.79. The lowest BCUT2D eigenvalue weighted by atomic mass is 10.0. The summed E-state index contributed by atoms with van der Waals surface area (Å²) in [4.78, 5) is 12.1. The van der Waals surface area contributed by atoms with E-state index in [0.29, 0.717) is 0 Å². The topological polar surface area (TPSA) is 17.1 Å². The molecule has 0 bridgehead atoms. The highest BCUT2D eigenvalue weighted by Gasteiger charge is 2.25. The molecule has 0 aromatic heterocycles. The third-order valence-electron chi connectivity index (χ3n) is 2.94. The molecule has 1 nitrogen and oxygen atoms in total. The first-order valence-electron chi connectivity index (χ1n) is 5.14. The van der Waals surface area contributed by atoms with Crippen molar-refractivity contribution >= 4 is 21.7 Å². The second-order valence-electron chi connectivity index (χ2n) is 3.89. The maximum absolute atomic E-state index is 12.1. The lowest BCUT2D eigenvalue weighted by Crippen LogP contribution is -1.95. The van der Waals surface area contributed by atoms with Crippen LogP contribution in [0.1, 0.15) is 21.5 Å². The molecule has 0 spiro atoms. The number of carbonyl (C=O) groups excluding carboxylic acids is 1. The molecule has 78 valence electrons. The highest BCUT2D eigenvalue weighted by molar-refractivity contribution is 9.08. The minimum absolute atomic E-state index is 0.147. The van der Waals surface area contributed by atoms with E-state index in [-0.39, 0.29) is 5.78 Å². The smallest absolute Gasteiger partial charge is 0.194 e. The number of benzene rings is 2. The number of ketones is 1. The summed E-state index contributed by atoms with van der Waals surface area (Å²) in [7, 11) is 0. The number of hydrogen-bond donors (Lipinski definition) is 0. The molecule has 0 N–H and O–H groups in total. The highest BCUT2D eigenvalue weighted by Crippen LogP contribution is 2.36. The van der Waals surface area contributed by atoms with Crippen LogP contribution in [0.5, 0.6) is 0 Å². The Kier molecular flexibility index (Phi) is 2.18. The van der Waals surface area contributed by atoms with Gasteiger partial charge in [-0.15, -0.1) is 0 Å². The number of carbonyl (C=O) groups is 1. The summed E-state index contributed by atoms with van der Waals surface area (Å²) in [6.45, 7) is 0. The first-order chi connectivity index (χ1) is 7.81. The van der Waals surface area contributed by atoms with Gasteiger partial charge in [0.1, 0.15) is 0 Å². The van der Waals surface area contributed by atoms with Crippen LogP contribution in [0.4, 0.5) is 0 Å². The van der Waals surface area contributed by atoms with Crippen LogP contribution in [0.3, 0.4) is 0 Å². The van der Waals surface area contributed by atoms with Gasteiger partial charge >= 0.3 is 0 Å². The quantitative estimate of drug-likeness (QED) is 0.616. The Morgan fingerprint density at radius 1 is 0.875 bits per heavy atom. The van der Waals surface area contributed by atoms with E-state index in [1.54, 1.807) is 0 Å². The number of fused-ring (bicyclic) bond motifs is 3. The molecular formula is C14H9BrO. The van der Waals surface area contributed by atoms with E-state index >= 15 is 0 Å². The molecule has 0 atom stereocenters. The van der Waals surface area contributed by atoms with Crippen molar-refractivity contribution in [2.24, 2.45) is 0 Å². The molecule has 0 saturated heterocycles. The van der Waals surface area contributed by atoms with Crippen molar-refractivity contribution in [2.75, 3.05) is 0 Å². The van der Waals surface area contributed by atoms with E-state index in [9.17, 15) is 4.79 Å². The second-order valence-corrected chi connectivity index (χ2v) is 4.45. The van der Waals surface area contributed by atoms with Crippen molar-refractivity contribution < 1.29 is 4.79 Å². The fourth-order valence-electron chi connectivity index (χ4n) is 2.16. The first kappa shape index (κ1) is 9.79. The highest BCUT2D eigenvalue weighted by atomic mass is 79.9. The van der Waals surface area contributed by atoms with Crippen molar-refractivity contribution in [1.29, 1.82) is 0 Å². The van der Waals surface area contributed by atoms with Gasteiger partial charge in [-0.3, -0.25) is 4.79 Å². The lowest BCUT2D eigenvalue weighted by Gasteiger charge is -2.01. The van der Waals surface area contributed by atoms with Crippen molar-refractivity contribution in [1.82, 2.24) is 0 Å². The van der Waals surface area contributed by atoms with Gasteiger partial charge in [-0.1, -0.05) is 52.3 Å². The number of alkyl halides is 1. The zero-order chi connectivity index (χ0) is 11.1. The number of hydrogen-bond acceptors (Lipinski definition) is 1. The predicted molar refractivity (Wildman–Crippen MR) is 67.9 cm³/mol. The molecule has 0 saturated carbocycles. The van der Waals surface area contributed by atoms with E-state index in [4.69, 9.17) is 0 Å². The third-order valence-corrected chi connectivity index (χ3v) is 3.59. The average Bonchev–Trinajstić information content (AvgIpc) is 2.64. The van der Waals surface area contributed by atoms with Gasteiger partial charge in [0.2, 0.25) is 0 Å². The molecule has 3 rings (SSSR count). The van der Waals surface area contributed by atoms with Crippen molar-refractivity contribution in [3.05, 3.63) is 59.2 Å². The van der Waals surface area contributed by atoms with Crippen molar-refractivity contribution in [3.63, 3.8) is 0 Å². The molecule has 1 aliphatic carbocycles. The molecule has 0 fully saturated rings. The van der Waals surface area contributed by atoms with Crippen LogP contribution >= 0.6 is 15.9 Å². The van der Waals surface area contributed by atoms with E-state index in [0.717, 1.165) is 33.1 Å². The second kappa shape index (κ2) is 3.56. The Bertz CT molecular complexity index is 587. The molecule has 2 aromatic carbocycles. The molecule has 0 amide bonds. The summed E-state index contributed by atoms with van der Waals surface area (Å²) in [5.74, 6) is 0.147. The molecule has 16 heavy (non-hydrogen) atoms. The Hall–Kier alpha value is -1.41. The van der Waals surface area contributed by atoms with Gasteiger partial charge in [0, 0.05) is 16.5 Å². The van der Waals surface area contributed by atoms with E-state index < -0.39 is 0 Å². The Morgan fingerprint density at radius 2 is 1.56 bits per heavy atom. The fraction of sp³-hybridized carbons (Fsp3) is 0.0714. The largest absolute Gasteiger partial charge is 0.289 e. The van der Waals surface area contributed by atoms with Crippen molar-refractivity contribution in [3.8, 4) is 11.1 Å². The van der Waals surface area contributed by atoms with Crippen LogP contribution in [0.15, 0.2) is 42.5 Å². The van der Waals surface area contributed by atoms with Gasteiger partial charge in [0.15, 0.2) is 5.78 Å². The van der Waals surface area contributed by atoms with Crippen molar-refractivity contribution in [2.45, 2.75) is 5.33 Å². The molecule has 2 aromatic rings. The van der Waals surface area contributed by atoms with Gasteiger partial charge < -0.3 is 0 Å². The summed E-state index contributed by atoms with van der Waals surface area (Å²) in [6, 6.07) is 13.9. The summed E-state index contributed by atoms with van der Waals surface area (Å²) in [6.07, 6.45) is 0. The molecule has 0 aliphatic heterocycles. The number of halogens is 1. The molecular weight excluding hydrogens is 264 g/mol. The molecule has 0 unspecified atom stereocenters. The normalized spacial score (nSPS) is 12.4. The van der Waals surface area contributed by atoms with Gasteiger partial charge in [-0.25, -0.2) is 0 Å². The summed E-state index contributed by atoms with van der Waals surface area (Å²) in [5.41, 5.74) is 4.91. The van der Waals surface area contributed by atoms with E-state index in [2.05, 4.69) is 22.0 Å². The lowest BCUT2D eigenvalue weighted by molar-refractivity contribution is 0.104. The minimum Gasteiger partial charge on any atom is -0.289 e. The standard InChI is InChI=1S/C14H9BrO/c15-8-9-5-6-11-10-3-1-2-4-12(10)14(16)13(11)7-9/h1-7H,8H2. The van der Waals surface area contributed by atoms with Gasteiger partial charge in [0.25, 0.3) is 0 Å². The maximum Gasteiger partial charge on any atom is 0.194 e. The van der Waals surface area contributed by atoms with Crippen LogP contribution in [0.25, 0.3) is 11.1 Å². The van der Waals surface area contributed by atoms with Crippen LogP contribution in [0, 0.1) is 0 Å². The SMILES string of the molecule is O=C1c2ccccc2-c2ccc(CBr)cc21. The Morgan fingerprint density at radius 3 is 2.31 bits per heavy atom. The Labute approximate surface area is 102 Å². The van der Waals surface area contributed by atoms with Gasteiger partial charge in [-0.05, 0) is 22.8 Å².